The summed E-state index contributed by atoms with van der Waals surface area (Å²) in [5, 5.41) is 17.8. The molecule has 0 aliphatic heterocycles. The molecule has 142 valence electrons. The second-order valence-electron chi connectivity index (χ2n) is 6.55. The molecule has 0 aliphatic carbocycles. The van der Waals surface area contributed by atoms with E-state index in [4.69, 9.17) is 16.6 Å². The lowest BCUT2D eigenvalue weighted by Gasteiger charge is -2.04. The summed E-state index contributed by atoms with van der Waals surface area (Å²) >= 11 is 7.74. The van der Waals surface area contributed by atoms with Gasteiger partial charge >= 0.3 is 0 Å². The molecule has 0 spiro atoms. The molecule has 0 amide bonds. The van der Waals surface area contributed by atoms with Crippen molar-refractivity contribution >= 4 is 44.2 Å². The summed E-state index contributed by atoms with van der Waals surface area (Å²) in [6, 6.07) is 1.92. The first kappa shape index (κ1) is 17.1. The number of aromatic amines is 1. The molecule has 0 bridgehead atoms. The molecule has 9 nitrogen and oxygen atoms in total. The van der Waals surface area contributed by atoms with Crippen LogP contribution in [0.2, 0.25) is 5.02 Å². The van der Waals surface area contributed by atoms with Crippen LogP contribution in [0.3, 0.4) is 0 Å². The maximum absolute atomic E-state index is 13.0. The average molecular weight is 415 g/mol. The number of rotatable bonds is 4. The topological polar surface area (TPSA) is 99.2 Å². The van der Waals surface area contributed by atoms with Crippen molar-refractivity contribution in [3.8, 4) is 0 Å². The third-order valence-corrected chi connectivity index (χ3v) is 6.02. The van der Waals surface area contributed by atoms with Crippen molar-refractivity contribution < 1.29 is 0 Å². The summed E-state index contributed by atoms with van der Waals surface area (Å²) in [5.74, 6) is 0. The second kappa shape index (κ2) is 6.28. The molecule has 1 N–H and O–H groups in total. The summed E-state index contributed by atoms with van der Waals surface area (Å²) in [5.41, 5.74) is 2.76. The van der Waals surface area contributed by atoms with E-state index in [1.807, 2.05) is 17.7 Å². The first-order chi connectivity index (χ1) is 13.5. The van der Waals surface area contributed by atoms with Crippen LogP contribution in [0.4, 0.5) is 0 Å². The maximum atomic E-state index is 13.0. The molecular weight excluding hydrogens is 400 g/mol. The number of nitrogens with one attached hydrogen (secondary N) is 1. The van der Waals surface area contributed by atoms with Gasteiger partial charge in [0.15, 0.2) is 5.65 Å². The van der Waals surface area contributed by atoms with Gasteiger partial charge in [-0.25, -0.2) is 9.67 Å². The van der Waals surface area contributed by atoms with Gasteiger partial charge in [0.1, 0.15) is 16.2 Å². The van der Waals surface area contributed by atoms with Crippen molar-refractivity contribution in [3.05, 3.63) is 56.4 Å². The fourth-order valence-electron chi connectivity index (χ4n) is 3.32. The van der Waals surface area contributed by atoms with Gasteiger partial charge in [0, 0.05) is 44.0 Å². The van der Waals surface area contributed by atoms with E-state index in [0.29, 0.717) is 22.7 Å². The number of hydrogen-bond donors (Lipinski definition) is 1. The Morgan fingerprint density at radius 2 is 2.18 bits per heavy atom. The van der Waals surface area contributed by atoms with E-state index < -0.39 is 0 Å². The Morgan fingerprint density at radius 3 is 2.89 bits per heavy atom. The van der Waals surface area contributed by atoms with E-state index in [-0.39, 0.29) is 12.1 Å². The fourth-order valence-corrected chi connectivity index (χ4v) is 4.69. The predicted octanol–water partition coefficient (Wildman–Crippen LogP) is 2.09. The van der Waals surface area contributed by atoms with Crippen LogP contribution in [0, 0.1) is 0 Å². The summed E-state index contributed by atoms with van der Waals surface area (Å²) < 4.78 is 5.79. The van der Waals surface area contributed by atoms with E-state index in [9.17, 15) is 4.79 Å². The van der Waals surface area contributed by atoms with Crippen LogP contribution in [-0.2, 0) is 27.1 Å². The Morgan fingerprint density at radius 1 is 1.32 bits per heavy atom. The highest BCUT2D eigenvalue weighted by Gasteiger charge is 2.19. The van der Waals surface area contributed by atoms with Gasteiger partial charge < -0.3 is 4.57 Å². The van der Waals surface area contributed by atoms with Gasteiger partial charge in [0.25, 0.3) is 5.56 Å². The quantitative estimate of drug-likeness (QED) is 0.485. The number of hydrogen-bond acceptors (Lipinski definition) is 6. The molecule has 0 saturated carbocycles. The minimum absolute atomic E-state index is 0.193. The zero-order valence-corrected chi connectivity index (χ0v) is 16.6. The molecule has 0 radical (unpaired) electrons. The smallest absolute Gasteiger partial charge is 0.291 e. The molecule has 28 heavy (non-hydrogen) atoms. The van der Waals surface area contributed by atoms with Gasteiger partial charge in [-0.05, 0) is 6.07 Å². The molecule has 0 atom stereocenters. The number of nitrogens with zero attached hydrogens (tertiary/aromatic N) is 7. The number of aryl methyl sites for hydroxylation is 2. The van der Waals surface area contributed by atoms with Gasteiger partial charge in [0.2, 0.25) is 0 Å². The fraction of sp³-hybridized carbons (Fsp3) is 0.235. The SMILES string of the molecule is Cn1cc(Cl)c(Cn2ncc3c4sc(Cc5ccn[nH]5)nc4n(C)c3c2=O)n1. The monoisotopic (exact) mass is 414 g/mol. The van der Waals surface area contributed by atoms with Crippen molar-refractivity contribution in [1.82, 2.24) is 39.3 Å². The maximum Gasteiger partial charge on any atom is 0.291 e. The molecule has 11 heteroatoms. The lowest BCUT2D eigenvalue weighted by Crippen LogP contribution is -2.25. The summed E-state index contributed by atoms with van der Waals surface area (Å²) in [4.78, 5) is 17.8. The van der Waals surface area contributed by atoms with Gasteiger partial charge in [0.05, 0.1) is 22.5 Å². The summed E-state index contributed by atoms with van der Waals surface area (Å²) in [7, 11) is 3.64. The lowest BCUT2D eigenvalue weighted by molar-refractivity contribution is 0.619. The first-order valence-electron chi connectivity index (χ1n) is 8.51. The Kier molecular flexibility index (Phi) is 3.84. The highest BCUT2D eigenvalue weighted by molar-refractivity contribution is 7.19. The molecule has 5 aromatic rings. The molecule has 0 aromatic carbocycles. The number of aromatic nitrogens is 8. The molecular formula is C17H15ClN8OS. The Balaban J connectivity index is 1.60. The second-order valence-corrected chi connectivity index (χ2v) is 8.04. The highest BCUT2D eigenvalue weighted by Crippen LogP contribution is 2.31. The van der Waals surface area contributed by atoms with E-state index in [0.717, 1.165) is 26.4 Å². The van der Waals surface area contributed by atoms with Crippen molar-refractivity contribution in [2.75, 3.05) is 0 Å². The van der Waals surface area contributed by atoms with Crippen LogP contribution >= 0.6 is 22.9 Å². The molecule has 0 unspecified atom stereocenters. The van der Waals surface area contributed by atoms with Gasteiger partial charge in [-0.1, -0.05) is 11.6 Å². The molecule has 0 aliphatic rings. The molecule has 0 fully saturated rings. The number of halogens is 1. The van der Waals surface area contributed by atoms with Crippen molar-refractivity contribution in [1.29, 1.82) is 0 Å². The molecule has 5 aromatic heterocycles. The van der Waals surface area contributed by atoms with E-state index in [1.54, 1.807) is 41.7 Å². The zero-order chi connectivity index (χ0) is 19.4. The third-order valence-electron chi connectivity index (χ3n) is 4.62. The Labute approximate surface area is 167 Å². The van der Waals surface area contributed by atoms with Crippen LogP contribution in [0.25, 0.3) is 21.3 Å². The Bertz CT molecular complexity index is 1370. The molecule has 5 rings (SSSR count). The number of thiazole rings is 1. The minimum Gasteiger partial charge on any atom is -0.323 e. The van der Waals surface area contributed by atoms with Gasteiger partial charge in [-0.2, -0.15) is 15.3 Å². The van der Waals surface area contributed by atoms with Crippen LogP contribution < -0.4 is 5.56 Å². The van der Waals surface area contributed by atoms with Crippen molar-refractivity contribution in [3.63, 3.8) is 0 Å². The average Bonchev–Trinajstić information content (AvgIpc) is 3.40. The predicted molar refractivity (Wildman–Crippen MR) is 107 cm³/mol. The van der Waals surface area contributed by atoms with Crippen molar-refractivity contribution in [2.45, 2.75) is 13.0 Å². The largest absolute Gasteiger partial charge is 0.323 e. The lowest BCUT2D eigenvalue weighted by atomic mass is 10.3. The number of fused-ring (bicyclic) bond motifs is 3. The summed E-state index contributed by atoms with van der Waals surface area (Å²) in [6.45, 7) is 0.214. The van der Waals surface area contributed by atoms with Gasteiger partial charge in [-0.15, -0.1) is 11.3 Å². The van der Waals surface area contributed by atoms with Crippen LogP contribution in [-0.4, -0.2) is 39.3 Å². The van der Waals surface area contributed by atoms with E-state index in [1.165, 1.54) is 4.68 Å². The van der Waals surface area contributed by atoms with Gasteiger partial charge in [-0.3, -0.25) is 14.6 Å². The van der Waals surface area contributed by atoms with E-state index >= 15 is 0 Å². The first-order valence-corrected chi connectivity index (χ1v) is 9.71. The Hall–Kier alpha value is -2.98. The highest BCUT2D eigenvalue weighted by atomic mass is 35.5. The third kappa shape index (κ3) is 2.64. The molecule has 0 saturated heterocycles. The minimum atomic E-state index is -0.193. The zero-order valence-electron chi connectivity index (χ0n) is 15.0. The standard InChI is InChI=1S/C17H15ClN8OS/c1-24-7-11(18)12(23-24)8-26-17(27)14-10(6-20-26)15-16(25(14)2)21-13(28-15)5-9-3-4-19-22-9/h3-4,6-7H,5,8H2,1-2H3,(H,19,22). The summed E-state index contributed by atoms with van der Waals surface area (Å²) in [6.07, 6.45) is 5.81. The normalized spacial score (nSPS) is 11.8. The van der Waals surface area contributed by atoms with Crippen LogP contribution in [0.15, 0.2) is 29.5 Å². The van der Waals surface area contributed by atoms with E-state index in [2.05, 4.69) is 20.4 Å². The van der Waals surface area contributed by atoms with Crippen LogP contribution in [0.5, 0.6) is 0 Å². The molecule has 5 heterocycles. The number of H-pyrrole nitrogens is 1. The van der Waals surface area contributed by atoms with Crippen LogP contribution in [0.1, 0.15) is 16.4 Å². The van der Waals surface area contributed by atoms with Crippen molar-refractivity contribution in [2.24, 2.45) is 14.1 Å².